The van der Waals surface area contributed by atoms with Gasteiger partial charge in [0.15, 0.2) is 24.8 Å². The maximum atomic E-state index is 2.28. The summed E-state index contributed by atoms with van der Waals surface area (Å²) < 4.78 is 4.56. The molecule has 2 heterocycles. The van der Waals surface area contributed by atoms with Gasteiger partial charge in [-0.15, -0.1) is 0 Å². The Bertz CT molecular complexity index is 607. The Morgan fingerprint density at radius 3 is 0.816 bits per heavy atom. The van der Waals surface area contributed by atoms with Crippen molar-refractivity contribution in [1.29, 1.82) is 0 Å². The molecule has 0 aliphatic rings. The fourth-order valence-electron chi connectivity index (χ4n) is 4.73. The van der Waals surface area contributed by atoms with E-state index in [-0.39, 0.29) is 24.8 Å². The van der Waals surface area contributed by atoms with Gasteiger partial charge in [-0.05, 0) is 12.8 Å². The highest BCUT2D eigenvalue weighted by molar-refractivity contribution is 4.84. The van der Waals surface area contributed by atoms with E-state index in [0.717, 1.165) is 0 Å². The van der Waals surface area contributed by atoms with Crippen LogP contribution in [-0.4, -0.2) is 0 Å². The lowest BCUT2D eigenvalue weighted by Gasteiger charge is -2.01. The normalized spacial score (nSPS) is 10.2. The van der Waals surface area contributed by atoms with Crippen molar-refractivity contribution in [2.24, 2.45) is 0 Å². The van der Waals surface area contributed by atoms with Gasteiger partial charge in [-0.1, -0.05) is 129 Å². The maximum Gasteiger partial charge on any atom is 0.168 e. The molecule has 0 radical (unpaired) electrons. The van der Waals surface area contributed by atoms with Crippen LogP contribution in [0.4, 0.5) is 0 Å². The zero-order valence-electron chi connectivity index (χ0n) is 25.0. The highest BCUT2D eigenvalue weighted by atomic mass is 35.5. The van der Waals surface area contributed by atoms with E-state index in [1.54, 1.807) is 0 Å². The van der Waals surface area contributed by atoms with Crippen LogP contribution in [0.25, 0.3) is 0 Å². The average Bonchev–Trinajstić information content (AvgIpc) is 2.92. The minimum absolute atomic E-state index is 0. The molecule has 2 rings (SSSR count). The fraction of sp³-hybridized carbons (Fsp3) is 0.706. The van der Waals surface area contributed by atoms with Crippen LogP contribution in [-0.2, 0) is 13.1 Å². The summed E-state index contributed by atoms with van der Waals surface area (Å²) in [5.41, 5.74) is 0. The second kappa shape index (κ2) is 32.1. The topological polar surface area (TPSA) is 7.76 Å². The molecule has 0 atom stereocenters. The molecule has 0 aliphatic carbocycles. The molecule has 0 amide bonds. The lowest BCUT2D eigenvalue weighted by Crippen LogP contribution is -3.00. The first-order chi connectivity index (χ1) is 17.9. The lowest BCUT2D eigenvalue weighted by atomic mass is 10.1. The number of pyridine rings is 2. The van der Waals surface area contributed by atoms with Gasteiger partial charge in [0.25, 0.3) is 0 Å². The molecule has 0 unspecified atom stereocenters. The number of nitrogens with zero attached hydrogens (tertiary/aromatic N) is 2. The maximum absolute atomic E-state index is 2.28. The summed E-state index contributed by atoms with van der Waals surface area (Å²) in [5, 5.41) is 0. The van der Waals surface area contributed by atoms with E-state index < -0.39 is 0 Å². The Kier molecular flexibility index (Phi) is 33.0. The molecule has 2 aromatic heterocycles. The lowest BCUT2D eigenvalue weighted by molar-refractivity contribution is -0.697. The predicted octanol–water partition coefficient (Wildman–Crippen LogP) is 3.80. The summed E-state index contributed by atoms with van der Waals surface area (Å²) in [4.78, 5) is 0. The minimum atomic E-state index is 0. The van der Waals surface area contributed by atoms with Crippen LogP contribution in [0.5, 0.6) is 0 Å². The van der Waals surface area contributed by atoms with Crippen molar-refractivity contribution in [1.82, 2.24) is 0 Å². The quantitative estimate of drug-likeness (QED) is 0.151. The molecule has 4 heteroatoms. The molecule has 2 nitrogen and oxygen atoms in total. The Morgan fingerprint density at radius 2 is 0.553 bits per heavy atom. The summed E-state index contributed by atoms with van der Waals surface area (Å²) >= 11 is 0. The van der Waals surface area contributed by atoms with E-state index in [0.29, 0.717) is 0 Å². The highest BCUT2D eigenvalue weighted by Crippen LogP contribution is 2.11. The van der Waals surface area contributed by atoms with Crippen LogP contribution >= 0.6 is 0 Å². The first-order valence-electron chi connectivity index (χ1n) is 15.7. The molecule has 0 spiro atoms. The number of unbranched alkanes of at least 4 members (excludes halogenated alkanes) is 18. The molecule has 2 aromatic rings. The molecule has 0 bridgehead atoms. The monoisotopic (exact) mass is 566 g/mol. The van der Waals surface area contributed by atoms with E-state index >= 15 is 0 Å². The third-order valence-electron chi connectivity index (χ3n) is 7.09. The molecule has 38 heavy (non-hydrogen) atoms. The minimum Gasteiger partial charge on any atom is -1.00 e. The third kappa shape index (κ3) is 26.5. The van der Waals surface area contributed by atoms with Crippen LogP contribution in [0, 0.1) is 0 Å². The summed E-state index contributed by atoms with van der Waals surface area (Å²) in [6.45, 7) is 6.92. The average molecular weight is 568 g/mol. The Morgan fingerprint density at radius 1 is 0.316 bits per heavy atom. The molecule has 0 aliphatic heterocycles. The van der Waals surface area contributed by atoms with Gasteiger partial charge in [0, 0.05) is 37.1 Å². The summed E-state index contributed by atoms with van der Waals surface area (Å²) in [6, 6.07) is 12.6. The van der Waals surface area contributed by atoms with E-state index in [1.807, 2.05) is 0 Å². The molecular formula is C34H60Cl2N2. The number of aromatic nitrogens is 2. The largest absolute Gasteiger partial charge is 1.00 e. The second-order valence-electron chi connectivity index (χ2n) is 10.6. The number of aryl methyl sites for hydroxylation is 2. The van der Waals surface area contributed by atoms with Gasteiger partial charge in [-0.2, -0.15) is 0 Å². The SMILES string of the molecule is CCCCCCCCCCCC[n+]1ccccc1.CCCCCCCCCCCC[n+]1ccccc1.[Cl-].[Cl-]. The van der Waals surface area contributed by atoms with Crippen molar-refractivity contribution >= 4 is 0 Å². The van der Waals surface area contributed by atoms with Crippen molar-refractivity contribution < 1.29 is 33.9 Å². The van der Waals surface area contributed by atoms with Gasteiger partial charge < -0.3 is 24.8 Å². The van der Waals surface area contributed by atoms with E-state index in [9.17, 15) is 0 Å². The molecule has 220 valence electrons. The molecule has 0 N–H and O–H groups in total. The van der Waals surface area contributed by atoms with Gasteiger partial charge in [-0.25, -0.2) is 9.13 Å². The van der Waals surface area contributed by atoms with Crippen molar-refractivity contribution in [3.05, 3.63) is 61.2 Å². The van der Waals surface area contributed by atoms with Gasteiger partial charge in [0.05, 0.1) is 0 Å². The van der Waals surface area contributed by atoms with Gasteiger partial charge in [0.2, 0.25) is 0 Å². The standard InChI is InChI=1S/2C17H30N.2ClH/c2*1-2-3-4-5-6-7-8-9-10-12-15-18-16-13-11-14-17-18;;/h2*11,13-14,16-17H,2-10,12,15H2,1H3;2*1H/q2*+1;;/p-2. The predicted molar refractivity (Wildman–Crippen MR) is 157 cm³/mol. The summed E-state index contributed by atoms with van der Waals surface area (Å²) in [6.07, 6.45) is 36.9. The summed E-state index contributed by atoms with van der Waals surface area (Å²) in [5.74, 6) is 0. The van der Waals surface area contributed by atoms with Crippen molar-refractivity contribution in [3.8, 4) is 0 Å². The van der Waals surface area contributed by atoms with Crippen LogP contribution in [0.3, 0.4) is 0 Å². The second-order valence-corrected chi connectivity index (χ2v) is 10.6. The van der Waals surface area contributed by atoms with Crippen molar-refractivity contribution in [2.75, 3.05) is 0 Å². The Balaban J connectivity index is 0. The van der Waals surface area contributed by atoms with Gasteiger partial charge in [0.1, 0.15) is 13.1 Å². The number of hydrogen-bond acceptors (Lipinski definition) is 0. The summed E-state index contributed by atoms with van der Waals surface area (Å²) in [7, 11) is 0. The zero-order chi connectivity index (χ0) is 25.8. The fourth-order valence-corrected chi connectivity index (χ4v) is 4.73. The number of halogens is 2. The van der Waals surface area contributed by atoms with Gasteiger partial charge in [-0.3, -0.25) is 0 Å². The first kappa shape index (κ1) is 39.0. The van der Waals surface area contributed by atoms with E-state index in [2.05, 4.69) is 84.2 Å². The molecule has 0 aromatic carbocycles. The number of rotatable bonds is 22. The Labute approximate surface area is 249 Å². The van der Waals surface area contributed by atoms with Gasteiger partial charge >= 0.3 is 0 Å². The van der Waals surface area contributed by atoms with E-state index in [4.69, 9.17) is 0 Å². The van der Waals surface area contributed by atoms with Crippen LogP contribution < -0.4 is 33.9 Å². The van der Waals surface area contributed by atoms with Crippen molar-refractivity contribution in [2.45, 2.75) is 155 Å². The molecular weight excluding hydrogens is 507 g/mol. The van der Waals surface area contributed by atoms with E-state index in [1.165, 1.54) is 142 Å². The molecule has 0 fully saturated rings. The van der Waals surface area contributed by atoms with Crippen LogP contribution in [0.1, 0.15) is 142 Å². The van der Waals surface area contributed by atoms with Crippen LogP contribution in [0.2, 0.25) is 0 Å². The molecule has 0 saturated heterocycles. The Hall–Kier alpha value is -1.12. The smallest absolute Gasteiger partial charge is 0.168 e. The highest BCUT2D eigenvalue weighted by Gasteiger charge is 1.99. The van der Waals surface area contributed by atoms with Crippen LogP contribution in [0.15, 0.2) is 61.2 Å². The zero-order valence-corrected chi connectivity index (χ0v) is 26.5. The number of hydrogen-bond donors (Lipinski definition) is 0. The molecule has 0 saturated carbocycles. The van der Waals surface area contributed by atoms with Crippen molar-refractivity contribution in [3.63, 3.8) is 0 Å². The third-order valence-corrected chi connectivity index (χ3v) is 7.09. The first-order valence-corrected chi connectivity index (χ1v) is 15.7.